The molecule has 25 heavy (non-hydrogen) atoms. The highest BCUT2D eigenvalue weighted by Crippen LogP contribution is 2.15. The summed E-state index contributed by atoms with van der Waals surface area (Å²) in [6.45, 7) is 8.37. The Bertz CT molecular complexity index is 799. The summed E-state index contributed by atoms with van der Waals surface area (Å²) in [7, 11) is -3.58. The van der Waals surface area contributed by atoms with Crippen LogP contribution in [0, 0.1) is 0 Å². The summed E-state index contributed by atoms with van der Waals surface area (Å²) in [5, 5.41) is 3.14. The Morgan fingerprint density at radius 3 is 2.52 bits per heavy atom. The molecule has 2 N–H and O–H groups in total. The van der Waals surface area contributed by atoms with Crippen LogP contribution in [0.1, 0.15) is 33.3 Å². The van der Waals surface area contributed by atoms with Crippen LogP contribution in [0.3, 0.4) is 0 Å². The Morgan fingerprint density at radius 1 is 1.16 bits per heavy atom. The Balaban J connectivity index is 2.02. The minimum atomic E-state index is -3.58. The number of hydrogen-bond acceptors (Lipinski definition) is 6. The summed E-state index contributed by atoms with van der Waals surface area (Å²) in [6, 6.07) is 5.06. The van der Waals surface area contributed by atoms with E-state index in [2.05, 4.69) is 20.0 Å². The molecule has 0 unspecified atom stereocenters. The third-order valence-corrected chi connectivity index (χ3v) is 4.78. The lowest BCUT2D eigenvalue weighted by atomic mass is 10.1. The number of sulfonamides is 1. The van der Waals surface area contributed by atoms with E-state index in [-0.39, 0.29) is 4.90 Å². The van der Waals surface area contributed by atoms with Gasteiger partial charge in [0.15, 0.2) is 0 Å². The maximum atomic E-state index is 12.2. The molecule has 0 bridgehead atoms. The van der Waals surface area contributed by atoms with Gasteiger partial charge in [-0.15, -0.1) is 0 Å². The lowest BCUT2D eigenvalue weighted by Gasteiger charge is -2.20. The van der Waals surface area contributed by atoms with Crippen molar-refractivity contribution in [3.8, 4) is 5.75 Å². The molecule has 2 aromatic rings. The van der Waals surface area contributed by atoms with Crippen molar-refractivity contribution in [3.63, 3.8) is 0 Å². The second-order valence-electron chi connectivity index (χ2n) is 6.55. The van der Waals surface area contributed by atoms with Gasteiger partial charge in [0, 0.05) is 24.5 Å². The lowest BCUT2D eigenvalue weighted by molar-refractivity contribution is 0.338. The third kappa shape index (κ3) is 5.99. The zero-order valence-electron chi connectivity index (χ0n) is 14.9. The SMILES string of the molecule is CCOc1cncc(CNc2ccc(S(=O)(=O)NC(C)(C)C)cn2)c1. The van der Waals surface area contributed by atoms with Crippen molar-refractivity contribution in [2.24, 2.45) is 0 Å². The molecule has 0 aromatic carbocycles. The number of hydrogen-bond donors (Lipinski definition) is 2. The third-order valence-electron chi connectivity index (χ3n) is 3.04. The smallest absolute Gasteiger partial charge is 0.242 e. The van der Waals surface area contributed by atoms with Crippen molar-refractivity contribution in [2.75, 3.05) is 11.9 Å². The molecule has 7 nitrogen and oxygen atoms in total. The van der Waals surface area contributed by atoms with E-state index < -0.39 is 15.6 Å². The average Bonchev–Trinajstić information content (AvgIpc) is 2.52. The van der Waals surface area contributed by atoms with Gasteiger partial charge in [-0.1, -0.05) is 0 Å². The zero-order chi connectivity index (χ0) is 18.5. The van der Waals surface area contributed by atoms with E-state index in [1.54, 1.807) is 39.2 Å². The topological polar surface area (TPSA) is 93.2 Å². The van der Waals surface area contributed by atoms with Crippen molar-refractivity contribution in [3.05, 3.63) is 42.4 Å². The Kier molecular flexibility index (Phi) is 5.97. The number of anilines is 1. The Labute approximate surface area is 148 Å². The second kappa shape index (κ2) is 7.79. The minimum Gasteiger partial charge on any atom is -0.492 e. The Morgan fingerprint density at radius 2 is 1.92 bits per heavy atom. The molecular formula is C17H24N4O3S. The summed E-state index contributed by atoms with van der Waals surface area (Å²) < 4.78 is 32.5. The van der Waals surface area contributed by atoms with E-state index in [0.29, 0.717) is 24.7 Å². The fraction of sp³-hybridized carbons (Fsp3) is 0.412. The monoisotopic (exact) mass is 364 g/mol. The van der Waals surface area contributed by atoms with Crippen LogP contribution in [0.25, 0.3) is 0 Å². The van der Waals surface area contributed by atoms with Crippen LogP contribution < -0.4 is 14.8 Å². The first-order valence-electron chi connectivity index (χ1n) is 8.00. The molecule has 0 saturated carbocycles. The number of nitrogens with one attached hydrogen (secondary N) is 2. The van der Waals surface area contributed by atoms with Crippen molar-refractivity contribution >= 4 is 15.8 Å². The highest BCUT2D eigenvalue weighted by Gasteiger charge is 2.22. The van der Waals surface area contributed by atoms with Gasteiger partial charge in [-0.2, -0.15) is 0 Å². The van der Waals surface area contributed by atoms with Gasteiger partial charge in [-0.3, -0.25) is 4.98 Å². The van der Waals surface area contributed by atoms with Crippen molar-refractivity contribution in [1.29, 1.82) is 0 Å². The van der Waals surface area contributed by atoms with E-state index in [1.165, 1.54) is 12.3 Å². The van der Waals surface area contributed by atoms with E-state index >= 15 is 0 Å². The van der Waals surface area contributed by atoms with Gasteiger partial charge in [0.05, 0.1) is 12.8 Å². The van der Waals surface area contributed by atoms with Gasteiger partial charge in [-0.05, 0) is 51.5 Å². The van der Waals surface area contributed by atoms with Gasteiger partial charge in [0.1, 0.15) is 16.5 Å². The molecule has 0 aliphatic rings. The van der Waals surface area contributed by atoms with E-state index in [9.17, 15) is 8.42 Å². The van der Waals surface area contributed by atoms with E-state index in [4.69, 9.17) is 4.74 Å². The first-order chi connectivity index (χ1) is 11.7. The molecule has 0 aliphatic carbocycles. The largest absolute Gasteiger partial charge is 0.492 e. The van der Waals surface area contributed by atoms with Crippen LogP contribution in [0.4, 0.5) is 5.82 Å². The maximum Gasteiger partial charge on any atom is 0.242 e. The lowest BCUT2D eigenvalue weighted by Crippen LogP contribution is -2.40. The highest BCUT2D eigenvalue weighted by atomic mass is 32.2. The second-order valence-corrected chi connectivity index (χ2v) is 8.23. The standard InChI is InChI=1S/C17H24N4O3S/c1-5-24-14-8-13(9-18-11-14)10-19-16-7-6-15(12-20-16)25(22,23)21-17(2,3)4/h6-9,11-12,21H,5,10H2,1-4H3,(H,19,20). The first-order valence-corrected chi connectivity index (χ1v) is 9.48. The number of pyridine rings is 2. The van der Waals surface area contributed by atoms with Gasteiger partial charge in [0.25, 0.3) is 0 Å². The number of nitrogens with zero attached hydrogens (tertiary/aromatic N) is 2. The normalized spacial score (nSPS) is 12.0. The molecule has 136 valence electrons. The van der Waals surface area contributed by atoms with Crippen LogP contribution in [0.5, 0.6) is 5.75 Å². The van der Waals surface area contributed by atoms with Crippen LogP contribution in [0.2, 0.25) is 0 Å². The fourth-order valence-electron chi connectivity index (χ4n) is 2.10. The molecule has 2 aromatic heterocycles. The molecule has 2 heterocycles. The first kappa shape index (κ1) is 19.1. The minimum absolute atomic E-state index is 0.132. The molecule has 0 aliphatic heterocycles. The summed E-state index contributed by atoms with van der Waals surface area (Å²) in [5.74, 6) is 1.29. The predicted octanol–water partition coefficient (Wildman–Crippen LogP) is 2.56. The maximum absolute atomic E-state index is 12.2. The molecule has 0 amide bonds. The van der Waals surface area contributed by atoms with Gasteiger partial charge >= 0.3 is 0 Å². The molecule has 0 radical (unpaired) electrons. The zero-order valence-corrected chi connectivity index (χ0v) is 15.7. The molecule has 0 spiro atoms. The van der Waals surface area contributed by atoms with Crippen molar-refractivity contribution < 1.29 is 13.2 Å². The summed E-state index contributed by atoms with van der Waals surface area (Å²) in [5.41, 5.74) is 0.396. The van der Waals surface area contributed by atoms with Crippen LogP contribution in [-0.4, -0.2) is 30.5 Å². The highest BCUT2D eigenvalue weighted by molar-refractivity contribution is 7.89. The summed E-state index contributed by atoms with van der Waals surface area (Å²) in [4.78, 5) is 8.42. The van der Waals surface area contributed by atoms with Crippen LogP contribution in [-0.2, 0) is 16.6 Å². The van der Waals surface area contributed by atoms with Gasteiger partial charge in [-0.25, -0.2) is 18.1 Å². The molecule has 2 rings (SSSR count). The molecule has 8 heteroatoms. The molecule has 0 saturated heterocycles. The van der Waals surface area contributed by atoms with Gasteiger partial charge in [0.2, 0.25) is 10.0 Å². The number of aromatic nitrogens is 2. The van der Waals surface area contributed by atoms with Crippen LogP contribution >= 0.6 is 0 Å². The summed E-state index contributed by atoms with van der Waals surface area (Å²) >= 11 is 0. The van der Waals surface area contributed by atoms with Crippen LogP contribution in [0.15, 0.2) is 41.7 Å². The van der Waals surface area contributed by atoms with Crippen molar-refractivity contribution in [2.45, 2.75) is 44.7 Å². The molecule has 0 fully saturated rings. The van der Waals surface area contributed by atoms with E-state index in [1.807, 2.05) is 13.0 Å². The number of ether oxygens (including phenoxy) is 1. The summed E-state index contributed by atoms with van der Waals surface area (Å²) in [6.07, 6.45) is 4.74. The van der Waals surface area contributed by atoms with Gasteiger partial charge < -0.3 is 10.1 Å². The molecular weight excluding hydrogens is 340 g/mol. The van der Waals surface area contributed by atoms with E-state index in [0.717, 1.165) is 5.56 Å². The van der Waals surface area contributed by atoms with Crippen molar-refractivity contribution in [1.82, 2.24) is 14.7 Å². The fourth-order valence-corrected chi connectivity index (χ4v) is 3.47. The number of rotatable bonds is 7. The quantitative estimate of drug-likeness (QED) is 0.784. The predicted molar refractivity (Wildman–Crippen MR) is 97.0 cm³/mol. The average molecular weight is 364 g/mol. The molecule has 0 atom stereocenters. The Hall–Kier alpha value is -2.19.